The van der Waals surface area contributed by atoms with Gasteiger partial charge in [0.15, 0.2) is 0 Å². The van der Waals surface area contributed by atoms with E-state index in [9.17, 15) is 8.42 Å². The van der Waals surface area contributed by atoms with Crippen molar-refractivity contribution in [3.05, 3.63) is 35.9 Å². The van der Waals surface area contributed by atoms with Crippen molar-refractivity contribution in [1.29, 1.82) is 0 Å². The first kappa shape index (κ1) is 10.6. The van der Waals surface area contributed by atoms with Crippen LogP contribution in [0.15, 0.2) is 30.3 Å². The largest absolute Gasteiger partial charge is 0.336 e. The van der Waals surface area contributed by atoms with Gasteiger partial charge in [-0.25, -0.2) is 4.18 Å². The van der Waals surface area contributed by atoms with Crippen molar-refractivity contribution in [2.24, 2.45) is 0 Å². The van der Waals surface area contributed by atoms with E-state index in [2.05, 4.69) is 4.72 Å². The van der Waals surface area contributed by atoms with Gasteiger partial charge in [0.25, 0.3) is 0 Å². The van der Waals surface area contributed by atoms with Crippen molar-refractivity contribution in [2.75, 3.05) is 0 Å². The molecule has 0 saturated carbocycles. The van der Waals surface area contributed by atoms with Crippen LogP contribution in [0.3, 0.4) is 0 Å². The minimum atomic E-state index is -3.55. The van der Waals surface area contributed by atoms with E-state index in [1.165, 1.54) is 0 Å². The molecule has 1 aromatic rings. The molecule has 1 N–H and O–H groups in total. The molecule has 1 aliphatic heterocycles. The molecule has 0 bridgehead atoms. The number of rotatable bonds is 2. The van der Waals surface area contributed by atoms with Crippen LogP contribution in [-0.2, 0) is 14.5 Å². The Kier molecular flexibility index (Phi) is 2.77. The normalized spacial score (nSPS) is 29.1. The first-order chi connectivity index (χ1) is 7.12. The van der Waals surface area contributed by atoms with E-state index in [1.807, 2.05) is 37.3 Å². The van der Waals surface area contributed by atoms with Crippen molar-refractivity contribution < 1.29 is 12.6 Å². The smallest absolute Gasteiger partial charge is 0.248 e. The Bertz CT molecular complexity index is 429. The van der Waals surface area contributed by atoms with Gasteiger partial charge in [0.2, 0.25) is 0 Å². The summed E-state index contributed by atoms with van der Waals surface area (Å²) in [6, 6.07) is 9.21. The summed E-state index contributed by atoms with van der Waals surface area (Å²) >= 11 is 0. The van der Waals surface area contributed by atoms with E-state index in [0.29, 0.717) is 6.42 Å². The third-order valence-electron chi connectivity index (χ3n) is 2.46. The first-order valence-electron chi connectivity index (χ1n) is 4.88. The molecule has 1 fully saturated rings. The molecule has 82 valence electrons. The SMILES string of the molecule is CC[C@@H]1NS(=O)(=O)O[C@@H]1c1ccccc1. The molecule has 0 unspecified atom stereocenters. The minimum Gasteiger partial charge on any atom is -0.248 e. The molecule has 0 aliphatic carbocycles. The zero-order chi connectivity index (χ0) is 10.9. The topological polar surface area (TPSA) is 55.4 Å². The second-order valence-electron chi connectivity index (χ2n) is 3.51. The molecule has 15 heavy (non-hydrogen) atoms. The Morgan fingerprint density at radius 2 is 2.00 bits per heavy atom. The molecular weight excluding hydrogens is 214 g/mol. The standard InChI is InChI=1S/C10H13NO3S/c1-2-9-10(14-15(12,13)11-9)8-6-4-3-5-7-8/h3-7,9-11H,2H2,1H3/t9-,10+/m0/s1. The average molecular weight is 227 g/mol. The third-order valence-corrected chi connectivity index (χ3v) is 3.51. The highest BCUT2D eigenvalue weighted by Gasteiger charge is 2.37. The molecule has 0 aromatic heterocycles. The summed E-state index contributed by atoms with van der Waals surface area (Å²) in [5, 5.41) is 0. The molecule has 2 rings (SSSR count). The maximum atomic E-state index is 11.3. The zero-order valence-corrected chi connectivity index (χ0v) is 9.20. The van der Waals surface area contributed by atoms with Crippen LogP contribution in [-0.4, -0.2) is 14.5 Å². The first-order valence-corrected chi connectivity index (χ1v) is 6.28. The molecule has 0 radical (unpaired) electrons. The van der Waals surface area contributed by atoms with Crippen LogP contribution in [0.2, 0.25) is 0 Å². The molecule has 1 aromatic carbocycles. The lowest BCUT2D eigenvalue weighted by atomic mass is 10.0. The predicted octanol–water partition coefficient (Wildman–Crippen LogP) is 1.37. The van der Waals surface area contributed by atoms with E-state index in [4.69, 9.17) is 4.18 Å². The molecule has 1 aliphatic rings. The van der Waals surface area contributed by atoms with Crippen LogP contribution in [0.5, 0.6) is 0 Å². The van der Waals surface area contributed by atoms with Crippen LogP contribution < -0.4 is 4.72 Å². The highest BCUT2D eigenvalue weighted by atomic mass is 32.2. The lowest BCUT2D eigenvalue weighted by Crippen LogP contribution is -2.27. The van der Waals surface area contributed by atoms with Gasteiger partial charge in [-0.1, -0.05) is 37.3 Å². The van der Waals surface area contributed by atoms with Crippen molar-refractivity contribution in [3.8, 4) is 0 Å². The zero-order valence-electron chi connectivity index (χ0n) is 8.38. The average Bonchev–Trinajstić information content (AvgIpc) is 2.55. The fourth-order valence-corrected chi connectivity index (χ4v) is 2.94. The monoisotopic (exact) mass is 227 g/mol. The molecular formula is C10H13NO3S. The quantitative estimate of drug-likeness (QED) is 0.830. The summed E-state index contributed by atoms with van der Waals surface area (Å²) in [5.74, 6) is 0. The van der Waals surface area contributed by atoms with Gasteiger partial charge in [0.1, 0.15) is 6.10 Å². The van der Waals surface area contributed by atoms with Gasteiger partial charge < -0.3 is 0 Å². The van der Waals surface area contributed by atoms with Gasteiger partial charge >= 0.3 is 10.3 Å². The maximum absolute atomic E-state index is 11.3. The van der Waals surface area contributed by atoms with Crippen LogP contribution in [0.1, 0.15) is 25.0 Å². The Labute approximate surface area is 89.5 Å². The second kappa shape index (κ2) is 3.92. The van der Waals surface area contributed by atoms with E-state index in [1.54, 1.807) is 0 Å². The third kappa shape index (κ3) is 2.19. The van der Waals surface area contributed by atoms with Gasteiger partial charge in [-0.3, -0.25) is 0 Å². The molecule has 1 heterocycles. The summed E-state index contributed by atoms with van der Waals surface area (Å²) in [4.78, 5) is 0. The van der Waals surface area contributed by atoms with E-state index in [-0.39, 0.29) is 6.04 Å². The van der Waals surface area contributed by atoms with Gasteiger partial charge in [-0.2, -0.15) is 13.1 Å². The van der Waals surface area contributed by atoms with E-state index < -0.39 is 16.4 Å². The molecule has 5 heteroatoms. The summed E-state index contributed by atoms with van der Waals surface area (Å²) in [5.41, 5.74) is 0.887. The summed E-state index contributed by atoms with van der Waals surface area (Å²) < 4.78 is 30.0. The predicted molar refractivity (Wildman–Crippen MR) is 56.4 cm³/mol. The fourth-order valence-electron chi connectivity index (χ4n) is 1.71. The lowest BCUT2D eigenvalue weighted by Gasteiger charge is -2.13. The highest BCUT2D eigenvalue weighted by molar-refractivity contribution is 7.85. The summed E-state index contributed by atoms with van der Waals surface area (Å²) in [6.07, 6.45) is 0.305. The van der Waals surface area contributed by atoms with Crippen molar-refractivity contribution in [2.45, 2.75) is 25.5 Å². The Hall–Kier alpha value is -0.910. The lowest BCUT2D eigenvalue weighted by molar-refractivity contribution is 0.216. The van der Waals surface area contributed by atoms with Crippen LogP contribution in [0.25, 0.3) is 0 Å². The highest BCUT2D eigenvalue weighted by Crippen LogP contribution is 2.30. The fraction of sp³-hybridized carbons (Fsp3) is 0.400. The maximum Gasteiger partial charge on any atom is 0.336 e. The molecule has 4 nitrogen and oxygen atoms in total. The van der Waals surface area contributed by atoms with Gasteiger partial charge in [-0.15, -0.1) is 0 Å². The van der Waals surface area contributed by atoms with Crippen LogP contribution >= 0.6 is 0 Å². The number of hydrogen-bond donors (Lipinski definition) is 1. The van der Waals surface area contributed by atoms with Crippen molar-refractivity contribution >= 4 is 10.3 Å². The van der Waals surface area contributed by atoms with E-state index in [0.717, 1.165) is 5.56 Å². The Balaban J connectivity index is 2.30. The second-order valence-corrected chi connectivity index (χ2v) is 4.85. The minimum absolute atomic E-state index is 0.169. The van der Waals surface area contributed by atoms with Crippen LogP contribution in [0.4, 0.5) is 0 Å². The molecule has 0 amide bonds. The molecule has 2 atom stereocenters. The summed E-state index contributed by atoms with van der Waals surface area (Å²) in [6.45, 7) is 1.93. The number of nitrogens with one attached hydrogen (secondary N) is 1. The Morgan fingerprint density at radius 3 is 2.60 bits per heavy atom. The number of hydrogen-bond acceptors (Lipinski definition) is 3. The van der Waals surface area contributed by atoms with Gasteiger partial charge in [0.05, 0.1) is 6.04 Å². The van der Waals surface area contributed by atoms with E-state index >= 15 is 0 Å². The van der Waals surface area contributed by atoms with Gasteiger partial charge in [0, 0.05) is 0 Å². The van der Waals surface area contributed by atoms with Gasteiger partial charge in [-0.05, 0) is 12.0 Å². The van der Waals surface area contributed by atoms with Crippen LogP contribution in [0, 0.1) is 0 Å². The molecule has 0 spiro atoms. The summed E-state index contributed by atoms with van der Waals surface area (Å²) in [7, 11) is -3.55. The van der Waals surface area contributed by atoms with Crippen molar-refractivity contribution in [3.63, 3.8) is 0 Å². The molecule has 1 saturated heterocycles. The Morgan fingerprint density at radius 1 is 1.33 bits per heavy atom. The number of benzene rings is 1. The van der Waals surface area contributed by atoms with Crippen molar-refractivity contribution in [1.82, 2.24) is 4.72 Å².